The minimum atomic E-state index is -0.0610. The Morgan fingerprint density at radius 1 is 1.33 bits per heavy atom. The first-order chi connectivity index (χ1) is 8.83. The van der Waals surface area contributed by atoms with E-state index in [1.807, 2.05) is 24.3 Å². The molecule has 1 saturated heterocycles. The van der Waals surface area contributed by atoms with E-state index in [9.17, 15) is 5.11 Å². The van der Waals surface area contributed by atoms with Crippen LogP contribution in [0.1, 0.15) is 11.7 Å². The van der Waals surface area contributed by atoms with Crippen molar-refractivity contribution in [3.05, 3.63) is 36.4 Å². The molecule has 4 nitrogen and oxygen atoms in total. The molecule has 3 rings (SSSR count). The van der Waals surface area contributed by atoms with Crippen LogP contribution >= 0.6 is 0 Å². The number of rotatable bonds is 3. The summed E-state index contributed by atoms with van der Waals surface area (Å²) in [5, 5.41) is 9.31. The third-order valence-corrected chi connectivity index (χ3v) is 3.62. The summed E-state index contributed by atoms with van der Waals surface area (Å²) in [6.45, 7) is 4.80. The summed E-state index contributed by atoms with van der Waals surface area (Å²) >= 11 is 0. The van der Waals surface area contributed by atoms with Crippen LogP contribution < -0.4 is 9.47 Å². The lowest BCUT2D eigenvalue weighted by atomic mass is 9.88. The maximum absolute atomic E-state index is 9.31. The highest BCUT2D eigenvalue weighted by Gasteiger charge is 2.36. The van der Waals surface area contributed by atoms with Crippen LogP contribution in [0.5, 0.6) is 11.5 Å². The summed E-state index contributed by atoms with van der Waals surface area (Å²) in [5.74, 6) is 1.78. The molecular weight excluding hydrogens is 232 g/mol. The van der Waals surface area contributed by atoms with Gasteiger partial charge in [-0.15, -0.1) is 6.58 Å². The summed E-state index contributed by atoms with van der Waals surface area (Å²) in [7, 11) is 0. The first kappa shape index (κ1) is 11.6. The molecule has 0 aliphatic carbocycles. The molecule has 4 heteroatoms. The molecule has 0 unspecified atom stereocenters. The molecule has 2 aliphatic rings. The largest absolute Gasteiger partial charge is 0.454 e. The van der Waals surface area contributed by atoms with E-state index in [0.717, 1.165) is 17.1 Å². The molecule has 3 atom stereocenters. The summed E-state index contributed by atoms with van der Waals surface area (Å²) in [6.07, 6.45) is 1.80. The lowest BCUT2D eigenvalue weighted by Gasteiger charge is -2.18. The van der Waals surface area contributed by atoms with Crippen molar-refractivity contribution in [1.29, 1.82) is 0 Å². The molecule has 1 N–H and O–H groups in total. The van der Waals surface area contributed by atoms with Gasteiger partial charge in [0.05, 0.1) is 12.7 Å². The second-order valence-electron chi connectivity index (χ2n) is 4.62. The molecule has 0 spiro atoms. The normalized spacial score (nSPS) is 29.5. The fraction of sp³-hybridized carbons (Fsp3) is 0.429. The topological polar surface area (TPSA) is 47.9 Å². The lowest BCUT2D eigenvalue weighted by molar-refractivity contribution is 0.0951. The zero-order valence-electron chi connectivity index (χ0n) is 10.0. The van der Waals surface area contributed by atoms with Gasteiger partial charge in [0.1, 0.15) is 0 Å². The Morgan fingerprint density at radius 3 is 2.94 bits per heavy atom. The van der Waals surface area contributed by atoms with Gasteiger partial charge in [-0.2, -0.15) is 0 Å². The fourth-order valence-electron chi connectivity index (χ4n) is 2.60. The van der Waals surface area contributed by atoms with Crippen LogP contribution in [0.3, 0.4) is 0 Å². The van der Waals surface area contributed by atoms with Crippen LogP contribution in [0.2, 0.25) is 0 Å². The van der Waals surface area contributed by atoms with Crippen molar-refractivity contribution in [2.75, 3.05) is 20.0 Å². The number of ether oxygens (including phenoxy) is 3. The minimum Gasteiger partial charge on any atom is -0.454 e. The van der Waals surface area contributed by atoms with E-state index in [0.29, 0.717) is 6.61 Å². The number of benzene rings is 1. The number of hydrogen-bond acceptors (Lipinski definition) is 4. The van der Waals surface area contributed by atoms with Gasteiger partial charge in [0, 0.05) is 18.4 Å². The third kappa shape index (κ3) is 1.78. The van der Waals surface area contributed by atoms with Gasteiger partial charge in [0.15, 0.2) is 11.5 Å². The highest BCUT2D eigenvalue weighted by molar-refractivity contribution is 5.45. The van der Waals surface area contributed by atoms with Crippen LogP contribution in [0, 0.1) is 11.8 Å². The van der Waals surface area contributed by atoms with Gasteiger partial charge in [-0.25, -0.2) is 0 Å². The average molecular weight is 248 g/mol. The maximum Gasteiger partial charge on any atom is 0.231 e. The quantitative estimate of drug-likeness (QED) is 0.830. The summed E-state index contributed by atoms with van der Waals surface area (Å²) < 4.78 is 16.4. The van der Waals surface area contributed by atoms with E-state index < -0.39 is 0 Å². The Hall–Kier alpha value is -1.52. The van der Waals surface area contributed by atoms with Crippen molar-refractivity contribution < 1.29 is 19.3 Å². The average Bonchev–Trinajstić information content (AvgIpc) is 3.03. The van der Waals surface area contributed by atoms with Crippen molar-refractivity contribution in [1.82, 2.24) is 0 Å². The van der Waals surface area contributed by atoms with Gasteiger partial charge in [-0.1, -0.05) is 12.1 Å². The molecule has 2 heterocycles. The standard InChI is InChI=1S/C14H16O4/c1-2-11-10(6-15)7-16-14(11)9-3-4-12-13(5-9)18-8-17-12/h2-5,10-11,14-15H,1,6-8H2/t10-,11-,14+/m0/s1. The second kappa shape index (κ2) is 4.63. The van der Waals surface area contributed by atoms with E-state index in [-0.39, 0.29) is 31.3 Å². The smallest absolute Gasteiger partial charge is 0.231 e. The Labute approximate surface area is 106 Å². The molecule has 96 valence electrons. The van der Waals surface area contributed by atoms with E-state index in [4.69, 9.17) is 14.2 Å². The number of aliphatic hydroxyl groups excluding tert-OH is 1. The van der Waals surface area contributed by atoms with Crippen LogP contribution in [0.4, 0.5) is 0 Å². The summed E-state index contributed by atoms with van der Waals surface area (Å²) in [5.41, 5.74) is 1.04. The van der Waals surface area contributed by atoms with Crippen molar-refractivity contribution in [3.63, 3.8) is 0 Å². The first-order valence-corrected chi connectivity index (χ1v) is 6.08. The predicted octanol–water partition coefficient (Wildman–Crippen LogP) is 1.90. The molecule has 0 bridgehead atoms. The van der Waals surface area contributed by atoms with E-state index >= 15 is 0 Å². The molecule has 18 heavy (non-hydrogen) atoms. The zero-order valence-corrected chi connectivity index (χ0v) is 10.0. The van der Waals surface area contributed by atoms with Gasteiger partial charge >= 0.3 is 0 Å². The van der Waals surface area contributed by atoms with Crippen molar-refractivity contribution >= 4 is 0 Å². The molecule has 0 aromatic heterocycles. The number of fused-ring (bicyclic) bond motifs is 1. The van der Waals surface area contributed by atoms with Crippen LogP contribution in [-0.4, -0.2) is 25.1 Å². The van der Waals surface area contributed by atoms with Gasteiger partial charge in [-0.05, 0) is 17.7 Å². The fourth-order valence-corrected chi connectivity index (χ4v) is 2.60. The molecule has 1 aromatic carbocycles. The van der Waals surface area contributed by atoms with E-state index in [1.165, 1.54) is 0 Å². The monoisotopic (exact) mass is 248 g/mol. The summed E-state index contributed by atoms with van der Waals surface area (Å²) in [4.78, 5) is 0. The molecule has 0 saturated carbocycles. The Kier molecular flexibility index (Phi) is 2.97. The van der Waals surface area contributed by atoms with Crippen molar-refractivity contribution in [2.45, 2.75) is 6.10 Å². The Bertz CT molecular complexity index is 457. The second-order valence-corrected chi connectivity index (χ2v) is 4.62. The van der Waals surface area contributed by atoms with Crippen LogP contribution in [0.25, 0.3) is 0 Å². The predicted molar refractivity (Wildman–Crippen MR) is 65.5 cm³/mol. The highest BCUT2D eigenvalue weighted by Crippen LogP contribution is 2.42. The van der Waals surface area contributed by atoms with Crippen molar-refractivity contribution in [2.24, 2.45) is 11.8 Å². The first-order valence-electron chi connectivity index (χ1n) is 6.08. The Morgan fingerprint density at radius 2 is 2.17 bits per heavy atom. The number of hydrogen-bond donors (Lipinski definition) is 1. The van der Waals surface area contributed by atoms with Gasteiger partial charge < -0.3 is 19.3 Å². The molecule has 1 aromatic rings. The summed E-state index contributed by atoms with van der Waals surface area (Å²) in [6, 6.07) is 5.82. The van der Waals surface area contributed by atoms with Gasteiger partial charge in [0.2, 0.25) is 6.79 Å². The lowest BCUT2D eigenvalue weighted by Crippen LogP contribution is -2.16. The minimum absolute atomic E-state index is 0.0610. The Balaban J connectivity index is 1.88. The number of aliphatic hydroxyl groups is 1. The SMILES string of the molecule is C=C[C@H]1[C@@H](CO)CO[C@@H]1c1ccc2c(c1)OCO2. The molecule has 1 fully saturated rings. The van der Waals surface area contributed by atoms with E-state index in [2.05, 4.69) is 6.58 Å². The third-order valence-electron chi connectivity index (χ3n) is 3.62. The van der Waals surface area contributed by atoms with Crippen LogP contribution in [-0.2, 0) is 4.74 Å². The maximum atomic E-state index is 9.31. The molecule has 0 amide bonds. The van der Waals surface area contributed by atoms with E-state index in [1.54, 1.807) is 0 Å². The molecule has 2 aliphatic heterocycles. The van der Waals surface area contributed by atoms with Gasteiger partial charge in [-0.3, -0.25) is 0 Å². The van der Waals surface area contributed by atoms with Gasteiger partial charge in [0.25, 0.3) is 0 Å². The van der Waals surface area contributed by atoms with Crippen molar-refractivity contribution in [3.8, 4) is 11.5 Å². The molecular formula is C14H16O4. The molecule has 0 radical (unpaired) electrons. The zero-order chi connectivity index (χ0) is 12.5. The van der Waals surface area contributed by atoms with Crippen LogP contribution in [0.15, 0.2) is 30.9 Å². The highest BCUT2D eigenvalue weighted by atomic mass is 16.7.